The molecule has 0 fully saturated rings. The molecule has 3 nitrogen and oxygen atoms in total. The number of nitrogens with zero attached hydrogens (tertiary/aromatic N) is 1. The number of unbranched alkanes of at least 4 members (excludes halogenated alkanes) is 5. The maximum Gasteiger partial charge on any atom is 0.143 e. The van der Waals surface area contributed by atoms with Crippen LogP contribution in [0.3, 0.4) is 0 Å². The Labute approximate surface area is 104 Å². The van der Waals surface area contributed by atoms with Crippen LogP contribution >= 0.6 is 0 Å². The molecule has 0 spiro atoms. The first-order chi connectivity index (χ1) is 8.38. The number of hydrogen-bond donors (Lipinski definition) is 1. The van der Waals surface area contributed by atoms with Crippen molar-refractivity contribution in [2.24, 2.45) is 0 Å². The molecule has 0 saturated carbocycles. The predicted octanol–water partition coefficient (Wildman–Crippen LogP) is 3.31. The van der Waals surface area contributed by atoms with Crippen LogP contribution in [-0.4, -0.2) is 16.7 Å². The van der Waals surface area contributed by atoms with Gasteiger partial charge in [0.25, 0.3) is 0 Å². The van der Waals surface area contributed by atoms with Crippen LogP contribution in [0.2, 0.25) is 0 Å². The van der Waals surface area contributed by atoms with E-state index >= 15 is 0 Å². The monoisotopic (exact) mass is 237 g/mol. The number of aliphatic hydroxyl groups excluding tert-OH is 1. The van der Waals surface area contributed by atoms with Gasteiger partial charge in [-0.15, -0.1) is 0 Å². The normalized spacial score (nSPS) is 10.5. The Bertz CT molecular complexity index is 302. The molecule has 0 bridgehead atoms. The quantitative estimate of drug-likeness (QED) is 0.670. The Morgan fingerprint density at radius 2 is 1.94 bits per heavy atom. The number of aliphatic hydroxyl groups is 1. The molecule has 1 aromatic heterocycles. The van der Waals surface area contributed by atoms with Crippen molar-refractivity contribution in [3.8, 4) is 5.75 Å². The number of aromatic nitrogens is 1. The van der Waals surface area contributed by atoms with Crippen LogP contribution < -0.4 is 4.74 Å². The second-order valence-corrected chi connectivity index (χ2v) is 4.26. The molecular weight excluding hydrogens is 214 g/mol. The first-order valence-corrected chi connectivity index (χ1v) is 6.55. The van der Waals surface area contributed by atoms with Gasteiger partial charge < -0.3 is 9.84 Å². The Morgan fingerprint density at radius 3 is 2.71 bits per heavy atom. The summed E-state index contributed by atoms with van der Waals surface area (Å²) in [5, 5.41) is 9.11. The summed E-state index contributed by atoms with van der Waals surface area (Å²) < 4.78 is 5.61. The van der Waals surface area contributed by atoms with Gasteiger partial charge in [-0.1, -0.05) is 39.0 Å². The smallest absolute Gasteiger partial charge is 0.143 e. The third kappa shape index (κ3) is 5.68. The first-order valence-electron chi connectivity index (χ1n) is 6.55. The number of ether oxygens (including phenoxy) is 1. The summed E-state index contributed by atoms with van der Waals surface area (Å²) in [5.41, 5.74) is 0.811. The lowest BCUT2D eigenvalue weighted by molar-refractivity contribution is 0.259. The van der Waals surface area contributed by atoms with Crippen LogP contribution in [0, 0.1) is 0 Å². The van der Waals surface area contributed by atoms with Crippen LogP contribution in [0.4, 0.5) is 0 Å². The molecule has 0 aliphatic rings. The van der Waals surface area contributed by atoms with Gasteiger partial charge in [-0.3, -0.25) is 4.98 Å². The van der Waals surface area contributed by atoms with Crippen molar-refractivity contribution in [2.75, 3.05) is 6.61 Å². The molecule has 1 heterocycles. The average molecular weight is 237 g/mol. The van der Waals surface area contributed by atoms with E-state index in [-0.39, 0.29) is 6.61 Å². The van der Waals surface area contributed by atoms with E-state index in [1.807, 2.05) is 0 Å². The molecule has 0 aliphatic heterocycles. The molecule has 17 heavy (non-hydrogen) atoms. The van der Waals surface area contributed by atoms with E-state index in [1.54, 1.807) is 18.5 Å². The van der Waals surface area contributed by atoms with Gasteiger partial charge in [0, 0.05) is 11.8 Å². The third-order valence-electron chi connectivity index (χ3n) is 2.80. The van der Waals surface area contributed by atoms with Crippen molar-refractivity contribution in [2.45, 2.75) is 52.1 Å². The van der Waals surface area contributed by atoms with E-state index in [0.29, 0.717) is 12.4 Å². The van der Waals surface area contributed by atoms with Gasteiger partial charge in [-0.2, -0.15) is 0 Å². The molecule has 3 heteroatoms. The predicted molar refractivity (Wildman–Crippen MR) is 69.0 cm³/mol. The topological polar surface area (TPSA) is 42.4 Å². The first kappa shape index (κ1) is 14.0. The van der Waals surface area contributed by atoms with Crippen molar-refractivity contribution in [1.29, 1.82) is 0 Å². The van der Waals surface area contributed by atoms with E-state index in [4.69, 9.17) is 9.84 Å². The minimum atomic E-state index is 0.00829. The van der Waals surface area contributed by atoms with Crippen molar-refractivity contribution in [1.82, 2.24) is 4.98 Å². The number of hydrogen-bond acceptors (Lipinski definition) is 3. The maximum atomic E-state index is 9.11. The Morgan fingerprint density at radius 1 is 1.18 bits per heavy atom. The fraction of sp³-hybridized carbons (Fsp3) is 0.643. The van der Waals surface area contributed by atoms with Crippen LogP contribution in [0.1, 0.15) is 51.0 Å². The highest BCUT2D eigenvalue weighted by Crippen LogP contribution is 2.16. The lowest BCUT2D eigenvalue weighted by Crippen LogP contribution is -2.00. The fourth-order valence-corrected chi connectivity index (χ4v) is 1.73. The van der Waals surface area contributed by atoms with Crippen LogP contribution in [0.5, 0.6) is 5.75 Å². The van der Waals surface area contributed by atoms with E-state index in [2.05, 4.69) is 11.9 Å². The third-order valence-corrected chi connectivity index (χ3v) is 2.80. The summed E-state index contributed by atoms with van der Waals surface area (Å²) in [7, 11) is 0. The lowest BCUT2D eigenvalue weighted by atomic mass is 10.1. The van der Waals surface area contributed by atoms with Gasteiger partial charge in [0.15, 0.2) is 0 Å². The van der Waals surface area contributed by atoms with Crippen molar-refractivity contribution in [3.05, 3.63) is 24.0 Å². The molecule has 0 unspecified atom stereocenters. The standard InChI is InChI=1S/C14H23NO2/c1-2-3-4-5-6-7-10-17-14-11-15-9-8-13(14)12-16/h8-9,11,16H,2-7,10,12H2,1H3. The van der Waals surface area contributed by atoms with Crippen molar-refractivity contribution in [3.63, 3.8) is 0 Å². The Balaban J connectivity index is 2.13. The molecule has 0 amide bonds. The van der Waals surface area contributed by atoms with Crippen molar-refractivity contribution >= 4 is 0 Å². The summed E-state index contributed by atoms with van der Waals surface area (Å²) >= 11 is 0. The molecule has 0 aromatic carbocycles. The number of pyridine rings is 1. The van der Waals surface area contributed by atoms with E-state index in [1.165, 1.54) is 32.1 Å². The number of rotatable bonds is 9. The molecule has 0 aliphatic carbocycles. The van der Waals surface area contributed by atoms with Gasteiger partial charge in [0.1, 0.15) is 5.75 Å². The Hall–Kier alpha value is -1.09. The zero-order valence-electron chi connectivity index (χ0n) is 10.7. The second-order valence-electron chi connectivity index (χ2n) is 4.26. The summed E-state index contributed by atoms with van der Waals surface area (Å²) in [6, 6.07) is 1.79. The van der Waals surface area contributed by atoms with E-state index in [0.717, 1.165) is 12.0 Å². The summed E-state index contributed by atoms with van der Waals surface area (Å²) in [4.78, 5) is 4.00. The highest BCUT2D eigenvalue weighted by atomic mass is 16.5. The lowest BCUT2D eigenvalue weighted by Gasteiger charge is -2.08. The molecular formula is C14H23NO2. The molecule has 1 rings (SSSR count). The molecule has 0 saturated heterocycles. The van der Waals surface area contributed by atoms with Gasteiger partial charge in [0.05, 0.1) is 19.4 Å². The van der Waals surface area contributed by atoms with Crippen LogP contribution in [0.25, 0.3) is 0 Å². The molecule has 1 aromatic rings. The highest BCUT2D eigenvalue weighted by Gasteiger charge is 2.01. The molecule has 0 atom stereocenters. The minimum absolute atomic E-state index is 0.00829. The van der Waals surface area contributed by atoms with Gasteiger partial charge in [-0.05, 0) is 12.5 Å². The van der Waals surface area contributed by atoms with Crippen molar-refractivity contribution < 1.29 is 9.84 Å². The molecule has 96 valence electrons. The van der Waals surface area contributed by atoms with E-state index in [9.17, 15) is 0 Å². The zero-order valence-corrected chi connectivity index (χ0v) is 10.7. The SMILES string of the molecule is CCCCCCCCOc1cnccc1CO. The maximum absolute atomic E-state index is 9.11. The average Bonchev–Trinajstić information content (AvgIpc) is 2.38. The summed E-state index contributed by atoms with van der Waals surface area (Å²) in [6.07, 6.45) is 10.9. The van der Waals surface area contributed by atoms with Gasteiger partial charge >= 0.3 is 0 Å². The van der Waals surface area contributed by atoms with Gasteiger partial charge in [0.2, 0.25) is 0 Å². The summed E-state index contributed by atoms with van der Waals surface area (Å²) in [6.45, 7) is 2.95. The largest absolute Gasteiger partial charge is 0.492 e. The highest BCUT2D eigenvalue weighted by molar-refractivity contribution is 5.28. The Kier molecular flexibility index (Phi) is 7.39. The zero-order chi connectivity index (χ0) is 12.3. The van der Waals surface area contributed by atoms with Crippen LogP contribution in [-0.2, 0) is 6.61 Å². The minimum Gasteiger partial charge on any atom is -0.492 e. The second kappa shape index (κ2) is 8.99. The molecule has 0 radical (unpaired) electrons. The van der Waals surface area contributed by atoms with Gasteiger partial charge in [-0.25, -0.2) is 0 Å². The molecule has 1 N–H and O–H groups in total. The van der Waals surface area contributed by atoms with Crippen LogP contribution in [0.15, 0.2) is 18.5 Å². The summed E-state index contributed by atoms with van der Waals surface area (Å²) in [5.74, 6) is 0.712. The fourth-order valence-electron chi connectivity index (χ4n) is 1.73. The van der Waals surface area contributed by atoms with E-state index < -0.39 is 0 Å².